The molecule has 0 saturated carbocycles. The van der Waals surface area contributed by atoms with Crippen molar-refractivity contribution in [2.45, 2.75) is 24.4 Å². The average molecular weight is 306 g/mol. The van der Waals surface area contributed by atoms with Gasteiger partial charge in [-0.3, -0.25) is 9.25 Å². The zero-order valence-corrected chi connectivity index (χ0v) is 12.4. The Bertz CT molecular complexity index is 848. The number of rotatable bonds is 4. The van der Waals surface area contributed by atoms with Gasteiger partial charge in [-0.25, -0.2) is 19.9 Å². The zero-order chi connectivity index (χ0) is 15.0. The number of aromatic amines is 1. The first-order valence-electron chi connectivity index (χ1n) is 6.32. The third kappa shape index (κ3) is 2.37. The Morgan fingerprint density at radius 1 is 1.43 bits per heavy atom. The van der Waals surface area contributed by atoms with E-state index in [9.17, 15) is 4.79 Å². The number of nitrogens with two attached hydrogens (primary N) is 1. The lowest BCUT2D eigenvalue weighted by molar-refractivity contribution is 0.660. The topological polar surface area (TPSA) is 120 Å². The molecule has 9 nitrogen and oxygen atoms in total. The van der Waals surface area contributed by atoms with Crippen LogP contribution in [-0.2, 0) is 19.3 Å². The van der Waals surface area contributed by atoms with Gasteiger partial charge in [-0.15, -0.1) is 5.10 Å². The van der Waals surface area contributed by atoms with Gasteiger partial charge >= 0.3 is 5.69 Å². The molecule has 0 atom stereocenters. The molecule has 21 heavy (non-hydrogen) atoms. The highest BCUT2D eigenvalue weighted by atomic mass is 32.2. The standard InChI is InChI=1S/C11H14N8OS/c1-3-19-10(20)16-17-11(19)21-5-7-14-8(12)6-4-13-18(2)9(6)15-7/h4H,3,5H2,1-2H3,(H,16,20)(H2,12,14,15). The third-order valence-corrected chi connectivity index (χ3v) is 4.01. The number of aryl methyl sites for hydroxylation is 1. The predicted octanol–water partition coefficient (Wildman–Crippen LogP) is 0.142. The molecule has 0 unspecified atom stereocenters. The number of aromatic nitrogens is 7. The van der Waals surface area contributed by atoms with E-state index >= 15 is 0 Å². The summed E-state index contributed by atoms with van der Waals surface area (Å²) in [4.78, 5) is 20.2. The van der Waals surface area contributed by atoms with Crippen LogP contribution in [-0.4, -0.2) is 34.5 Å². The van der Waals surface area contributed by atoms with Crippen LogP contribution in [0.2, 0.25) is 0 Å². The molecule has 0 fully saturated rings. The summed E-state index contributed by atoms with van der Waals surface area (Å²) in [6, 6.07) is 0. The Morgan fingerprint density at radius 2 is 2.24 bits per heavy atom. The van der Waals surface area contributed by atoms with Crippen LogP contribution >= 0.6 is 11.8 Å². The molecule has 10 heteroatoms. The van der Waals surface area contributed by atoms with E-state index in [1.807, 2.05) is 6.92 Å². The second kappa shape index (κ2) is 5.20. The second-order valence-electron chi connectivity index (χ2n) is 4.37. The molecule has 3 rings (SSSR count). The van der Waals surface area contributed by atoms with Crippen molar-refractivity contribution in [1.29, 1.82) is 0 Å². The molecule has 3 N–H and O–H groups in total. The number of nitrogen functional groups attached to an aromatic ring is 1. The maximum Gasteiger partial charge on any atom is 0.343 e. The summed E-state index contributed by atoms with van der Waals surface area (Å²) < 4.78 is 3.20. The second-order valence-corrected chi connectivity index (χ2v) is 5.32. The van der Waals surface area contributed by atoms with Crippen molar-refractivity contribution < 1.29 is 0 Å². The van der Waals surface area contributed by atoms with E-state index in [1.54, 1.807) is 22.5 Å². The van der Waals surface area contributed by atoms with Crippen LogP contribution in [0.15, 0.2) is 16.1 Å². The molecule has 0 bridgehead atoms. The van der Waals surface area contributed by atoms with Crippen LogP contribution in [0.4, 0.5) is 5.82 Å². The molecule has 3 aromatic heterocycles. The summed E-state index contributed by atoms with van der Waals surface area (Å²) in [5.41, 5.74) is 6.38. The molecular weight excluding hydrogens is 292 g/mol. The quantitative estimate of drug-likeness (QED) is 0.658. The first-order chi connectivity index (χ1) is 10.1. The minimum atomic E-state index is -0.220. The number of thioether (sulfide) groups is 1. The number of anilines is 1. The highest BCUT2D eigenvalue weighted by Crippen LogP contribution is 2.21. The fourth-order valence-corrected chi connectivity index (χ4v) is 2.84. The van der Waals surface area contributed by atoms with Gasteiger partial charge in [0.25, 0.3) is 0 Å². The van der Waals surface area contributed by atoms with Gasteiger partial charge in [0.15, 0.2) is 10.8 Å². The molecule has 110 valence electrons. The summed E-state index contributed by atoms with van der Waals surface area (Å²) in [7, 11) is 1.80. The van der Waals surface area contributed by atoms with Crippen molar-refractivity contribution in [3.05, 3.63) is 22.5 Å². The normalized spacial score (nSPS) is 11.3. The maximum atomic E-state index is 11.5. The van der Waals surface area contributed by atoms with Crippen LogP contribution in [0.1, 0.15) is 12.7 Å². The molecule has 0 radical (unpaired) electrons. The Labute approximate surface area is 123 Å². The molecule has 0 aliphatic heterocycles. The van der Waals surface area contributed by atoms with Gasteiger partial charge in [-0.05, 0) is 6.92 Å². The summed E-state index contributed by atoms with van der Waals surface area (Å²) in [6.07, 6.45) is 1.64. The van der Waals surface area contributed by atoms with Crippen molar-refractivity contribution in [2.24, 2.45) is 7.05 Å². The molecule has 0 spiro atoms. The fourth-order valence-electron chi connectivity index (χ4n) is 1.98. The van der Waals surface area contributed by atoms with Gasteiger partial charge in [-0.1, -0.05) is 11.8 Å². The lowest BCUT2D eigenvalue weighted by Gasteiger charge is -2.03. The SMILES string of the molecule is CCn1c(SCc2nc(N)c3cnn(C)c3n2)n[nH]c1=O. The molecular formula is C11H14N8OS. The predicted molar refractivity (Wildman–Crippen MR) is 78.8 cm³/mol. The molecule has 0 aliphatic carbocycles. The fraction of sp³-hybridized carbons (Fsp3) is 0.364. The Hall–Kier alpha value is -2.36. The van der Waals surface area contributed by atoms with Crippen LogP contribution in [0.5, 0.6) is 0 Å². The van der Waals surface area contributed by atoms with Crippen molar-refractivity contribution in [3.63, 3.8) is 0 Å². The van der Waals surface area contributed by atoms with Crippen molar-refractivity contribution in [2.75, 3.05) is 5.73 Å². The van der Waals surface area contributed by atoms with E-state index in [4.69, 9.17) is 5.73 Å². The number of fused-ring (bicyclic) bond motifs is 1. The summed E-state index contributed by atoms with van der Waals surface area (Å²) in [5, 5.41) is 11.9. The van der Waals surface area contributed by atoms with E-state index in [2.05, 4.69) is 25.3 Å². The van der Waals surface area contributed by atoms with Gasteiger partial charge < -0.3 is 5.73 Å². The van der Waals surface area contributed by atoms with Crippen molar-refractivity contribution in [1.82, 2.24) is 34.5 Å². The summed E-state index contributed by atoms with van der Waals surface area (Å²) >= 11 is 1.38. The molecule has 3 aromatic rings. The van der Waals surface area contributed by atoms with E-state index in [0.717, 1.165) is 5.39 Å². The van der Waals surface area contributed by atoms with Crippen LogP contribution in [0.25, 0.3) is 11.0 Å². The number of nitrogens with one attached hydrogen (secondary N) is 1. The molecule has 0 aromatic carbocycles. The van der Waals surface area contributed by atoms with Crippen LogP contribution in [0, 0.1) is 0 Å². The lowest BCUT2D eigenvalue weighted by Crippen LogP contribution is -2.16. The van der Waals surface area contributed by atoms with E-state index in [-0.39, 0.29) is 5.69 Å². The molecule has 0 aliphatic rings. The van der Waals surface area contributed by atoms with Crippen molar-refractivity contribution >= 4 is 28.6 Å². The number of hydrogen-bond acceptors (Lipinski definition) is 7. The largest absolute Gasteiger partial charge is 0.383 e. The number of H-pyrrole nitrogens is 1. The lowest BCUT2D eigenvalue weighted by atomic mass is 10.4. The molecule has 0 amide bonds. The Morgan fingerprint density at radius 3 is 3.00 bits per heavy atom. The number of nitrogens with zero attached hydrogens (tertiary/aromatic N) is 6. The average Bonchev–Trinajstić information content (AvgIpc) is 3.01. The Balaban J connectivity index is 1.88. The minimum Gasteiger partial charge on any atom is -0.383 e. The summed E-state index contributed by atoms with van der Waals surface area (Å²) in [5.74, 6) is 1.45. The van der Waals surface area contributed by atoms with E-state index in [1.165, 1.54) is 11.8 Å². The minimum absolute atomic E-state index is 0.220. The van der Waals surface area contributed by atoms with Crippen LogP contribution < -0.4 is 11.4 Å². The van der Waals surface area contributed by atoms with Gasteiger partial charge in [0, 0.05) is 13.6 Å². The molecule has 0 saturated heterocycles. The monoisotopic (exact) mass is 306 g/mol. The Kier molecular flexibility index (Phi) is 3.37. The first-order valence-corrected chi connectivity index (χ1v) is 7.30. The van der Waals surface area contributed by atoms with Crippen molar-refractivity contribution in [3.8, 4) is 0 Å². The summed E-state index contributed by atoms with van der Waals surface area (Å²) in [6.45, 7) is 2.44. The zero-order valence-electron chi connectivity index (χ0n) is 11.6. The van der Waals surface area contributed by atoms with Gasteiger partial charge in [0.2, 0.25) is 0 Å². The highest BCUT2D eigenvalue weighted by Gasteiger charge is 2.12. The van der Waals surface area contributed by atoms with Crippen LogP contribution in [0.3, 0.4) is 0 Å². The smallest absolute Gasteiger partial charge is 0.343 e. The van der Waals surface area contributed by atoms with Gasteiger partial charge in [0.05, 0.1) is 17.3 Å². The molecule has 3 heterocycles. The van der Waals surface area contributed by atoms with E-state index < -0.39 is 0 Å². The van der Waals surface area contributed by atoms with E-state index in [0.29, 0.717) is 34.7 Å². The number of hydrogen-bond donors (Lipinski definition) is 2. The third-order valence-electron chi connectivity index (χ3n) is 3.04. The highest BCUT2D eigenvalue weighted by molar-refractivity contribution is 7.98. The van der Waals surface area contributed by atoms with Gasteiger partial charge in [-0.2, -0.15) is 5.10 Å². The first kappa shape index (κ1) is 13.6. The maximum absolute atomic E-state index is 11.5. The van der Waals surface area contributed by atoms with Gasteiger partial charge in [0.1, 0.15) is 11.6 Å².